The molecular weight excluding hydrogens is 664 g/mol. The van der Waals surface area contributed by atoms with Crippen molar-refractivity contribution in [2.45, 2.75) is 134 Å². The van der Waals surface area contributed by atoms with Crippen molar-refractivity contribution in [1.29, 1.82) is 0 Å². The van der Waals surface area contributed by atoms with E-state index in [9.17, 15) is 49.3 Å². The highest BCUT2D eigenvalue weighted by molar-refractivity contribution is 7.80. The van der Waals surface area contributed by atoms with E-state index in [0.717, 1.165) is 0 Å². The fourth-order valence-electron chi connectivity index (χ4n) is 11.0. The van der Waals surface area contributed by atoms with Gasteiger partial charge in [-0.25, -0.2) is 4.18 Å². The van der Waals surface area contributed by atoms with Crippen LogP contribution in [-0.2, 0) is 24.1 Å². The monoisotopic (exact) mass is 722 g/mol. The second-order valence-corrected chi connectivity index (χ2v) is 17.6. The van der Waals surface area contributed by atoms with Gasteiger partial charge >= 0.3 is 10.4 Å². The first-order chi connectivity index (χ1) is 22.7. The summed E-state index contributed by atoms with van der Waals surface area (Å²) in [6.07, 6.45) is -4.81. The standard InChI is InChI=1S/C34H58O14S/c1-16(2)18(15-46-31-28(41)26(39)29(22(14-35)47-31)48-49(43,44)45)7-6-17(3)24-25(38)27(40)30-33(24,5)11-9-23-32(4)10-8-19(36)12-20(32)21(37)13-34(23,30)42/h6-7,16-31,35-42H,8-15H2,1-5H3,(H,43,44,45)/b7-6+/t17-,18?,19+,20?,21+,22?,23?,24+,25-,26?,27?,28?,29?,30?,31?,32+,33-,34+/m1/s1. The van der Waals surface area contributed by atoms with Crippen molar-refractivity contribution in [2.75, 3.05) is 13.2 Å². The van der Waals surface area contributed by atoms with Crippen molar-refractivity contribution >= 4 is 10.4 Å². The summed E-state index contributed by atoms with van der Waals surface area (Å²) in [5.74, 6) is -1.91. The Morgan fingerprint density at radius 1 is 0.918 bits per heavy atom. The minimum absolute atomic E-state index is 0.000802. The Hall–Kier alpha value is -0.790. The predicted molar refractivity (Wildman–Crippen MR) is 174 cm³/mol. The highest BCUT2D eigenvalue weighted by Gasteiger charge is 2.72. The Labute approximate surface area is 289 Å². The molecule has 14 nitrogen and oxygen atoms in total. The molecule has 284 valence electrons. The molecule has 0 aromatic heterocycles. The number of aliphatic hydroxyl groups excluding tert-OH is 7. The normalized spacial score (nSPS) is 50.1. The predicted octanol–water partition coefficient (Wildman–Crippen LogP) is 0.142. The molecule has 5 aliphatic rings. The van der Waals surface area contributed by atoms with Crippen molar-refractivity contribution in [1.82, 2.24) is 0 Å². The van der Waals surface area contributed by atoms with E-state index < -0.39 is 100 Å². The van der Waals surface area contributed by atoms with Gasteiger partial charge in [0.1, 0.15) is 24.4 Å². The van der Waals surface area contributed by atoms with Crippen LogP contribution in [0.25, 0.3) is 0 Å². The van der Waals surface area contributed by atoms with Crippen LogP contribution in [0.3, 0.4) is 0 Å². The summed E-state index contributed by atoms with van der Waals surface area (Å²) >= 11 is 0. The fourth-order valence-corrected chi connectivity index (χ4v) is 11.5. The number of rotatable bonds is 10. The molecule has 5 fully saturated rings. The van der Waals surface area contributed by atoms with Gasteiger partial charge in [0.05, 0.1) is 43.2 Å². The van der Waals surface area contributed by atoms with Gasteiger partial charge in [-0.15, -0.1) is 0 Å². The number of hydrogen-bond acceptors (Lipinski definition) is 13. The van der Waals surface area contributed by atoms with Crippen LogP contribution < -0.4 is 0 Å². The van der Waals surface area contributed by atoms with E-state index >= 15 is 0 Å². The van der Waals surface area contributed by atoms with Crippen LogP contribution in [0.1, 0.15) is 73.1 Å². The van der Waals surface area contributed by atoms with Crippen LogP contribution in [0.15, 0.2) is 12.2 Å². The highest BCUT2D eigenvalue weighted by atomic mass is 32.3. The van der Waals surface area contributed by atoms with Crippen LogP contribution in [0.5, 0.6) is 0 Å². The van der Waals surface area contributed by atoms with E-state index in [4.69, 9.17) is 14.0 Å². The number of ether oxygens (including phenoxy) is 2. The molecule has 4 aliphatic carbocycles. The largest absolute Gasteiger partial charge is 0.397 e. The second kappa shape index (κ2) is 14.2. The van der Waals surface area contributed by atoms with E-state index in [1.807, 2.05) is 39.8 Å². The highest BCUT2D eigenvalue weighted by Crippen LogP contribution is 2.69. The SMILES string of the molecule is CC(C)C(/C=C/[C@@H](C)[C@H]1[C@@H](O)C(O)C2[C@]3(O)C[C@H](O)C4C[C@@H](O)CC[C@]4(C)C3CC[C@@]21C)COC1OC(CO)C(OS(=O)(=O)O)C(O)C1O. The number of allylic oxidation sites excluding steroid dienone is 1. The summed E-state index contributed by atoms with van der Waals surface area (Å²) in [6.45, 7) is 9.21. The Morgan fingerprint density at radius 3 is 2.18 bits per heavy atom. The van der Waals surface area contributed by atoms with Crippen LogP contribution in [0.2, 0.25) is 0 Å². The molecule has 4 saturated carbocycles. The molecule has 0 radical (unpaired) electrons. The van der Waals surface area contributed by atoms with Crippen LogP contribution in [0, 0.1) is 52.3 Å². The Balaban J connectivity index is 1.30. The summed E-state index contributed by atoms with van der Waals surface area (Å²) in [5.41, 5.74) is -2.44. The topological polar surface area (TPSA) is 244 Å². The van der Waals surface area contributed by atoms with Gasteiger partial charge in [0.25, 0.3) is 0 Å². The zero-order valence-corrected chi connectivity index (χ0v) is 29.8. The maximum Gasteiger partial charge on any atom is 0.397 e. The van der Waals surface area contributed by atoms with Gasteiger partial charge in [0.2, 0.25) is 0 Å². The van der Waals surface area contributed by atoms with E-state index in [2.05, 4.69) is 11.1 Å². The molecule has 0 aromatic rings. The van der Waals surface area contributed by atoms with Crippen LogP contribution in [-0.4, -0.2) is 128 Å². The van der Waals surface area contributed by atoms with Gasteiger partial charge in [-0.3, -0.25) is 4.55 Å². The van der Waals surface area contributed by atoms with Crippen molar-refractivity contribution in [3.05, 3.63) is 12.2 Å². The van der Waals surface area contributed by atoms with Gasteiger partial charge in [-0.2, -0.15) is 8.42 Å². The van der Waals surface area contributed by atoms with Gasteiger partial charge < -0.3 is 50.3 Å². The minimum Gasteiger partial charge on any atom is -0.394 e. The van der Waals surface area contributed by atoms with E-state index in [-0.39, 0.29) is 42.6 Å². The first-order valence-corrected chi connectivity index (χ1v) is 19.1. The zero-order valence-electron chi connectivity index (χ0n) is 29.0. The van der Waals surface area contributed by atoms with Gasteiger partial charge in [-0.1, -0.05) is 46.8 Å². The first-order valence-electron chi connectivity index (χ1n) is 17.7. The molecule has 0 aromatic carbocycles. The number of hydrogen-bond donors (Lipinski definition) is 9. The molecule has 18 atom stereocenters. The van der Waals surface area contributed by atoms with Crippen molar-refractivity contribution in [3.8, 4) is 0 Å². The minimum atomic E-state index is -5.02. The van der Waals surface area contributed by atoms with Crippen LogP contribution in [0.4, 0.5) is 0 Å². The molecular formula is C34H58O14S. The summed E-state index contributed by atoms with van der Waals surface area (Å²) in [7, 11) is -5.02. The number of fused-ring (bicyclic) bond motifs is 5. The van der Waals surface area contributed by atoms with E-state index in [0.29, 0.717) is 32.1 Å². The third kappa shape index (κ3) is 7.02. The molecule has 49 heavy (non-hydrogen) atoms. The molecule has 0 bridgehead atoms. The average molecular weight is 723 g/mol. The quantitative estimate of drug-likeness (QED) is 0.108. The Bertz CT molecular complexity index is 1300. The summed E-state index contributed by atoms with van der Waals surface area (Å²) in [5, 5.41) is 88.3. The lowest BCUT2D eigenvalue weighted by atomic mass is 9.42. The molecule has 1 heterocycles. The lowest BCUT2D eigenvalue weighted by Crippen LogP contribution is -2.68. The molecule has 1 aliphatic heterocycles. The van der Waals surface area contributed by atoms with Crippen molar-refractivity contribution < 1.29 is 67.5 Å². The van der Waals surface area contributed by atoms with Crippen molar-refractivity contribution in [3.63, 3.8) is 0 Å². The molecule has 9 N–H and O–H groups in total. The maximum atomic E-state index is 12.5. The van der Waals surface area contributed by atoms with Gasteiger partial charge in [0, 0.05) is 18.3 Å². The first kappa shape index (κ1) is 39.4. The molecule has 15 heteroatoms. The lowest BCUT2D eigenvalue weighted by molar-refractivity contribution is -0.299. The smallest absolute Gasteiger partial charge is 0.394 e. The molecule has 10 unspecified atom stereocenters. The third-order valence-corrected chi connectivity index (χ3v) is 13.9. The zero-order chi connectivity index (χ0) is 36.4. The fraction of sp³-hybridized carbons (Fsp3) is 0.941. The van der Waals surface area contributed by atoms with E-state index in [1.54, 1.807) is 0 Å². The van der Waals surface area contributed by atoms with Crippen LogP contribution >= 0.6 is 0 Å². The summed E-state index contributed by atoms with van der Waals surface area (Å²) < 4.78 is 47.2. The molecule has 0 spiro atoms. The second-order valence-electron chi connectivity index (χ2n) is 16.6. The third-order valence-electron chi connectivity index (χ3n) is 13.4. The Kier molecular flexibility index (Phi) is 11.4. The maximum absolute atomic E-state index is 12.5. The van der Waals surface area contributed by atoms with Crippen molar-refractivity contribution in [2.24, 2.45) is 52.3 Å². The molecule has 1 saturated heterocycles. The molecule has 5 rings (SSSR count). The number of aliphatic hydroxyl groups is 8. The van der Waals surface area contributed by atoms with Gasteiger partial charge in [0.15, 0.2) is 6.29 Å². The average Bonchev–Trinajstić information content (AvgIpc) is 3.21. The summed E-state index contributed by atoms with van der Waals surface area (Å²) in [6, 6.07) is 0. The lowest BCUT2D eigenvalue weighted by Gasteiger charge is -2.65. The molecule has 0 amide bonds. The Morgan fingerprint density at radius 2 is 1.57 bits per heavy atom. The van der Waals surface area contributed by atoms with E-state index in [1.165, 1.54) is 0 Å². The van der Waals surface area contributed by atoms with Gasteiger partial charge in [-0.05, 0) is 72.5 Å². The summed E-state index contributed by atoms with van der Waals surface area (Å²) in [4.78, 5) is 0.